The zero-order valence-electron chi connectivity index (χ0n) is 12.9. The first-order valence-electron chi connectivity index (χ1n) is 7.51. The molecular weight excluding hydrogens is 288 g/mol. The average Bonchev–Trinajstić information content (AvgIpc) is 3.04. The van der Waals surface area contributed by atoms with E-state index in [0.717, 1.165) is 17.1 Å². The minimum Gasteiger partial charge on any atom is -0.346 e. The molecule has 0 aliphatic carbocycles. The maximum absolute atomic E-state index is 12.3. The van der Waals surface area contributed by atoms with Gasteiger partial charge in [0.25, 0.3) is 0 Å². The number of nitrogens with zero attached hydrogens (tertiary/aromatic N) is 3. The largest absolute Gasteiger partial charge is 0.346 e. The quantitative estimate of drug-likeness (QED) is 0.788. The molecule has 0 spiro atoms. The van der Waals surface area contributed by atoms with Gasteiger partial charge in [-0.15, -0.1) is 0 Å². The maximum Gasteiger partial charge on any atom is 0.240 e. The molecule has 3 rings (SSSR count). The summed E-state index contributed by atoms with van der Waals surface area (Å²) >= 11 is 0. The highest BCUT2D eigenvalue weighted by Gasteiger charge is 2.13. The summed E-state index contributed by atoms with van der Waals surface area (Å²) in [6.45, 7) is 2.15. The van der Waals surface area contributed by atoms with Crippen LogP contribution in [0, 0.1) is 0 Å². The summed E-state index contributed by atoms with van der Waals surface area (Å²) in [6.07, 6.45) is 5.24. The van der Waals surface area contributed by atoms with Crippen LogP contribution in [0.3, 0.4) is 0 Å². The second kappa shape index (κ2) is 6.87. The van der Waals surface area contributed by atoms with Crippen molar-refractivity contribution in [2.75, 3.05) is 0 Å². The number of imidazole rings is 1. The number of carbonyl (C=O) groups is 1. The first-order valence-corrected chi connectivity index (χ1v) is 7.51. The van der Waals surface area contributed by atoms with Crippen molar-refractivity contribution in [3.8, 4) is 11.4 Å². The number of nitrogens with one attached hydrogen (secondary N) is 1. The number of amides is 1. The lowest BCUT2D eigenvalue weighted by Gasteiger charge is -2.14. The van der Waals surface area contributed by atoms with Crippen molar-refractivity contribution >= 4 is 5.91 Å². The molecule has 0 radical (unpaired) electrons. The van der Waals surface area contributed by atoms with Crippen molar-refractivity contribution in [2.45, 2.75) is 19.5 Å². The van der Waals surface area contributed by atoms with E-state index in [1.807, 2.05) is 66.2 Å². The van der Waals surface area contributed by atoms with Gasteiger partial charge in [-0.3, -0.25) is 9.78 Å². The van der Waals surface area contributed by atoms with Crippen LogP contribution in [0.15, 0.2) is 67.1 Å². The van der Waals surface area contributed by atoms with E-state index in [1.54, 1.807) is 12.4 Å². The second-order valence-electron chi connectivity index (χ2n) is 5.29. The summed E-state index contributed by atoms with van der Waals surface area (Å²) in [4.78, 5) is 20.9. The second-order valence-corrected chi connectivity index (χ2v) is 5.29. The Labute approximate surface area is 135 Å². The summed E-state index contributed by atoms with van der Waals surface area (Å²) in [7, 11) is 0. The zero-order chi connectivity index (χ0) is 16.1. The van der Waals surface area contributed by atoms with Crippen LogP contribution in [0.1, 0.15) is 18.7 Å². The summed E-state index contributed by atoms with van der Waals surface area (Å²) in [5.74, 6) is 0.713. The molecule has 2 aromatic heterocycles. The third kappa shape index (κ3) is 3.63. The molecule has 1 amide bonds. The van der Waals surface area contributed by atoms with Crippen molar-refractivity contribution in [1.29, 1.82) is 0 Å². The normalized spacial score (nSPS) is 11.9. The van der Waals surface area contributed by atoms with Gasteiger partial charge in [-0.1, -0.05) is 36.4 Å². The van der Waals surface area contributed by atoms with E-state index in [-0.39, 0.29) is 18.5 Å². The number of pyridine rings is 1. The SMILES string of the molecule is CC(NC(=O)Cn1ccnc1-c1ccccc1)c1ccccn1. The smallest absolute Gasteiger partial charge is 0.240 e. The minimum atomic E-state index is -0.132. The Kier molecular flexibility index (Phi) is 4.47. The number of benzene rings is 1. The molecule has 3 aromatic rings. The van der Waals surface area contributed by atoms with E-state index >= 15 is 0 Å². The summed E-state index contributed by atoms with van der Waals surface area (Å²) in [6, 6.07) is 15.4. The fourth-order valence-electron chi connectivity index (χ4n) is 2.43. The van der Waals surface area contributed by atoms with Gasteiger partial charge >= 0.3 is 0 Å². The number of hydrogen-bond acceptors (Lipinski definition) is 3. The highest BCUT2D eigenvalue weighted by atomic mass is 16.2. The zero-order valence-corrected chi connectivity index (χ0v) is 12.9. The fourth-order valence-corrected chi connectivity index (χ4v) is 2.43. The van der Waals surface area contributed by atoms with E-state index in [2.05, 4.69) is 15.3 Å². The highest BCUT2D eigenvalue weighted by Crippen LogP contribution is 2.16. The topological polar surface area (TPSA) is 59.8 Å². The van der Waals surface area contributed by atoms with E-state index in [0.29, 0.717) is 0 Å². The van der Waals surface area contributed by atoms with Gasteiger partial charge in [-0.05, 0) is 19.1 Å². The van der Waals surface area contributed by atoms with Crippen LogP contribution >= 0.6 is 0 Å². The lowest BCUT2D eigenvalue weighted by Crippen LogP contribution is -2.30. The van der Waals surface area contributed by atoms with Crippen molar-refractivity contribution in [2.24, 2.45) is 0 Å². The monoisotopic (exact) mass is 306 g/mol. The van der Waals surface area contributed by atoms with Gasteiger partial charge in [0.05, 0.1) is 11.7 Å². The van der Waals surface area contributed by atoms with E-state index in [1.165, 1.54) is 0 Å². The molecule has 5 heteroatoms. The molecule has 116 valence electrons. The molecule has 5 nitrogen and oxygen atoms in total. The third-order valence-corrected chi connectivity index (χ3v) is 3.57. The Morgan fingerprint density at radius 1 is 1.09 bits per heavy atom. The number of rotatable bonds is 5. The summed E-state index contributed by atoms with van der Waals surface area (Å²) in [5, 5.41) is 2.96. The third-order valence-electron chi connectivity index (χ3n) is 3.57. The molecule has 1 N–H and O–H groups in total. The van der Waals surface area contributed by atoms with Crippen molar-refractivity contribution in [1.82, 2.24) is 19.9 Å². The summed E-state index contributed by atoms with van der Waals surface area (Å²) < 4.78 is 1.84. The van der Waals surface area contributed by atoms with Crippen LogP contribution in [0.5, 0.6) is 0 Å². The molecule has 0 bridgehead atoms. The highest BCUT2D eigenvalue weighted by molar-refractivity contribution is 5.77. The van der Waals surface area contributed by atoms with Gasteiger partial charge in [-0.2, -0.15) is 0 Å². The molecule has 23 heavy (non-hydrogen) atoms. The molecule has 2 heterocycles. The molecule has 0 aliphatic rings. The fraction of sp³-hybridized carbons (Fsp3) is 0.167. The maximum atomic E-state index is 12.3. The lowest BCUT2D eigenvalue weighted by atomic mass is 10.2. The van der Waals surface area contributed by atoms with E-state index in [9.17, 15) is 4.79 Å². The number of aromatic nitrogens is 3. The van der Waals surface area contributed by atoms with Gasteiger partial charge in [0.15, 0.2) is 0 Å². The van der Waals surface area contributed by atoms with E-state index < -0.39 is 0 Å². The van der Waals surface area contributed by atoms with Crippen LogP contribution in [0.2, 0.25) is 0 Å². The first kappa shape index (κ1) is 15.0. The summed E-state index contributed by atoms with van der Waals surface area (Å²) in [5.41, 5.74) is 1.83. The number of hydrogen-bond donors (Lipinski definition) is 1. The molecule has 1 atom stereocenters. The van der Waals surface area contributed by atoms with Crippen LogP contribution in [0.25, 0.3) is 11.4 Å². The van der Waals surface area contributed by atoms with Crippen LogP contribution in [0.4, 0.5) is 0 Å². The van der Waals surface area contributed by atoms with Crippen molar-refractivity contribution in [3.05, 3.63) is 72.8 Å². The van der Waals surface area contributed by atoms with E-state index in [4.69, 9.17) is 0 Å². The van der Waals surface area contributed by atoms with Gasteiger partial charge < -0.3 is 9.88 Å². The molecule has 0 fully saturated rings. The Bertz CT molecular complexity index is 768. The van der Waals surface area contributed by atoms with Crippen LogP contribution in [-0.2, 0) is 11.3 Å². The standard InChI is InChI=1S/C18H18N4O/c1-14(16-9-5-6-10-19-16)21-17(23)13-22-12-11-20-18(22)15-7-3-2-4-8-15/h2-12,14H,13H2,1H3,(H,21,23). The van der Waals surface area contributed by atoms with Gasteiger partial charge in [-0.25, -0.2) is 4.98 Å². The molecular formula is C18H18N4O. The van der Waals surface area contributed by atoms with Crippen molar-refractivity contribution in [3.63, 3.8) is 0 Å². The lowest BCUT2D eigenvalue weighted by molar-refractivity contribution is -0.122. The Balaban J connectivity index is 1.69. The predicted octanol–water partition coefficient (Wildman–Crippen LogP) is 2.82. The molecule has 0 aliphatic heterocycles. The molecule has 0 saturated carbocycles. The Morgan fingerprint density at radius 2 is 1.87 bits per heavy atom. The van der Waals surface area contributed by atoms with Crippen LogP contribution < -0.4 is 5.32 Å². The Morgan fingerprint density at radius 3 is 2.61 bits per heavy atom. The van der Waals surface area contributed by atoms with Gasteiger partial charge in [0, 0.05) is 24.2 Å². The predicted molar refractivity (Wildman–Crippen MR) is 88.5 cm³/mol. The van der Waals surface area contributed by atoms with Gasteiger partial charge in [0.1, 0.15) is 12.4 Å². The first-order chi connectivity index (χ1) is 11.2. The average molecular weight is 306 g/mol. The minimum absolute atomic E-state index is 0.0710. The van der Waals surface area contributed by atoms with Gasteiger partial charge in [0.2, 0.25) is 5.91 Å². The number of carbonyl (C=O) groups excluding carboxylic acids is 1. The van der Waals surface area contributed by atoms with Crippen LogP contribution in [-0.4, -0.2) is 20.4 Å². The molecule has 1 unspecified atom stereocenters. The van der Waals surface area contributed by atoms with Crippen molar-refractivity contribution < 1.29 is 4.79 Å². The Hall–Kier alpha value is -2.95. The molecule has 0 saturated heterocycles. The molecule has 1 aromatic carbocycles.